The molecule has 0 heterocycles. The molecule has 78 valence electrons. The van der Waals surface area contributed by atoms with Gasteiger partial charge in [-0.1, -0.05) is 41.4 Å². The third kappa shape index (κ3) is 2.64. The Morgan fingerprint density at radius 2 is 2.00 bits per heavy atom. The summed E-state index contributed by atoms with van der Waals surface area (Å²) in [7, 11) is 1.67. The van der Waals surface area contributed by atoms with E-state index in [0.717, 1.165) is 16.3 Å². The van der Waals surface area contributed by atoms with Crippen molar-refractivity contribution >= 4 is 27.5 Å². The van der Waals surface area contributed by atoms with Crippen LogP contribution in [0.25, 0.3) is 0 Å². The lowest BCUT2D eigenvalue weighted by Gasteiger charge is -2.17. The fourth-order valence-electron chi connectivity index (χ4n) is 1.28. The van der Waals surface area contributed by atoms with Gasteiger partial charge in [-0.25, -0.2) is 0 Å². The van der Waals surface area contributed by atoms with Crippen molar-refractivity contribution in [1.29, 1.82) is 0 Å². The van der Waals surface area contributed by atoms with E-state index in [-0.39, 0.29) is 4.83 Å². The van der Waals surface area contributed by atoms with E-state index in [2.05, 4.69) is 29.8 Å². The molecule has 0 saturated carbocycles. The number of halogens is 2. The van der Waals surface area contributed by atoms with Crippen molar-refractivity contribution in [3.8, 4) is 5.75 Å². The van der Waals surface area contributed by atoms with Gasteiger partial charge in [0.15, 0.2) is 0 Å². The molecule has 0 amide bonds. The summed E-state index contributed by atoms with van der Waals surface area (Å²) < 4.78 is 5.28. The predicted octanol–water partition coefficient (Wildman–Crippen LogP) is 4.44. The van der Waals surface area contributed by atoms with E-state index < -0.39 is 0 Å². The van der Waals surface area contributed by atoms with Gasteiger partial charge in [-0.15, -0.1) is 0 Å². The van der Waals surface area contributed by atoms with Crippen molar-refractivity contribution in [1.82, 2.24) is 0 Å². The number of rotatable bonds is 3. The highest BCUT2D eigenvalue weighted by molar-refractivity contribution is 9.09. The first-order valence-corrected chi connectivity index (χ1v) is 5.83. The molecule has 14 heavy (non-hydrogen) atoms. The van der Waals surface area contributed by atoms with Gasteiger partial charge >= 0.3 is 0 Å². The van der Waals surface area contributed by atoms with Crippen LogP contribution in [0.4, 0.5) is 0 Å². The lowest BCUT2D eigenvalue weighted by atomic mass is 10.0. The first-order chi connectivity index (χ1) is 6.56. The summed E-state index contributed by atoms with van der Waals surface area (Å²) in [6.45, 7) is 4.31. The molecule has 0 radical (unpaired) electrons. The van der Waals surface area contributed by atoms with E-state index in [4.69, 9.17) is 16.3 Å². The highest BCUT2D eigenvalue weighted by atomic mass is 79.9. The fourth-order valence-corrected chi connectivity index (χ4v) is 1.82. The highest BCUT2D eigenvalue weighted by Gasteiger charge is 2.16. The Morgan fingerprint density at radius 3 is 2.50 bits per heavy atom. The van der Waals surface area contributed by atoms with Crippen molar-refractivity contribution < 1.29 is 4.74 Å². The Bertz CT molecular complexity index is 312. The zero-order valence-electron chi connectivity index (χ0n) is 8.55. The van der Waals surface area contributed by atoms with Crippen LogP contribution in [0.15, 0.2) is 18.2 Å². The molecule has 0 aliphatic rings. The van der Waals surface area contributed by atoms with E-state index in [1.54, 1.807) is 7.11 Å². The minimum atomic E-state index is 0.274. The highest BCUT2D eigenvalue weighted by Crippen LogP contribution is 2.37. The predicted molar refractivity (Wildman–Crippen MR) is 64.5 cm³/mol. The molecule has 0 aliphatic heterocycles. The summed E-state index contributed by atoms with van der Waals surface area (Å²) in [6, 6.07) is 5.68. The fraction of sp³-hybridized carbons (Fsp3) is 0.455. The van der Waals surface area contributed by atoms with Gasteiger partial charge in [-0.05, 0) is 24.1 Å². The quantitative estimate of drug-likeness (QED) is 0.742. The van der Waals surface area contributed by atoms with Crippen LogP contribution in [-0.4, -0.2) is 7.11 Å². The van der Waals surface area contributed by atoms with Gasteiger partial charge in [0.1, 0.15) is 5.75 Å². The molecule has 0 saturated heterocycles. The van der Waals surface area contributed by atoms with E-state index >= 15 is 0 Å². The summed E-state index contributed by atoms with van der Waals surface area (Å²) in [5, 5.41) is 0.742. The summed E-state index contributed by atoms with van der Waals surface area (Å²) in [5.41, 5.74) is 1.11. The Balaban J connectivity index is 3.10. The van der Waals surface area contributed by atoms with Gasteiger partial charge in [0.05, 0.1) is 7.11 Å². The molecule has 3 heteroatoms. The molecule has 0 fully saturated rings. The maximum absolute atomic E-state index is 5.95. The Kier molecular flexibility index (Phi) is 4.27. The summed E-state index contributed by atoms with van der Waals surface area (Å²) >= 11 is 9.58. The molecular weight excluding hydrogens is 263 g/mol. The average molecular weight is 278 g/mol. The largest absolute Gasteiger partial charge is 0.496 e. The van der Waals surface area contributed by atoms with Crippen molar-refractivity contribution in [2.45, 2.75) is 18.7 Å². The first-order valence-electron chi connectivity index (χ1n) is 4.53. The molecule has 1 aromatic rings. The molecule has 0 aromatic heterocycles. The Morgan fingerprint density at radius 1 is 1.36 bits per heavy atom. The van der Waals surface area contributed by atoms with E-state index in [1.165, 1.54) is 0 Å². The lowest BCUT2D eigenvalue weighted by molar-refractivity contribution is 0.406. The van der Waals surface area contributed by atoms with Gasteiger partial charge in [-0.2, -0.15) is 0 Å². The van der Waals surface area contributed by atoms with Crippen LogP contribution in [0.3, 0.4) is 0 Å². The topological polar surface area (TPSA) is 9.23 Å². The molecule has 0 N–H and O–H groups in total. The van der Waals surface area contributed by atoms with Gasteiger partial charge in [-0.3, -0.25) is 0 Å². The van der Waals surface area contributed by atoms with Crippen LogP contribution in [-0.2, 0) is 0 Å². The van der Waals surface area contributed by atoms with Crippen LogP contribution in [0, 0.1) is 5.92 Å². The lowest BCUT2D eigenvalue weighted by Crippen LogP contribution is -2.01. The molecular formula is C11H14BrClO. The molecule has 0 spiro atoms. The van der Waals surface area contributed by atoms with E-state index in [1.807, 2.05) is 18.2 Å². The third-order valence-electron chi connectivity index (χ3n) is 2.07. The first kappa shape index (κ1) is 11.9. The second kappa shape index (κ2) is 5.04. The van der Waals surface area contributed by atoms with Gasteiger partial charge < -0.3 is 4.74 Å². The number of alkyl halides is 1. The number of hydrogen-bond acceptors (Lipinski definition) is 1. The standard InChI is InChI=1S/C11H14BrClO/c1-7(2)11(12)9-6-8(13)4-5-10(9)14-3/h4-7,11H,1-3H3. The maximum atomic E-state index is 5.95. The summed E-state index contributed by atoms with van der Waals surface area (Å²) in [5.74, 6) is 1.38. The Hall–Kier alpha value is -0.210. The number of ether oxygens (including phenoxy) is 1. The molecule has 0 aliphatic carbocycles. The molecule has 0 bridgehead atoms. The second-order valence-electron chi connectivity index (χ2n) is 3.53. The molecule has 1 unspecified atom stereocenters. The van der Waals surface area contributed by atoms with Gasteiger partial charge in [0.25, 0.3) is 0 Å². The number of hydrogen-bond donors (Lipinski definition) is 0. The molecule has 1 aromatic carbocycles. The van der Waals surface area contributed by atoms with Gasteiger partial charge in [0, 0.05) is 15.4 Å². The normalized spacial score (nSPS) is 13.0. The minimum absolute atomic E-state index is 0.274. The van der Waals surface area contributed by atoms with E-state index in [9.17, 15) is 0 Å². The van der Waals surface area contributed by atoms with Crippen LogP contribution < -0.4 is 4.74 Å². The van der Waals surface area contributed by atoms with Crippen molar-refractivity contribution in [3.05, 3.63) is 28.8 Å². The Labute approximate surface area is 98.5 Å². The monoisotopic (exact) mass is 276 g/mol. The SMILES string of the molecule is COc1ccc(Cl)cc1C(Br)C(C)C. The van der Waals surface area contributed by atoms with Crippen LogP contribution in [0.1, 0.15) is 24.2 Å². The van der Waals surface area contributed by atoms with Gasteiger partial charge in [0.2, 0.25) is 0 Å². The second-order valence-corrected chi connectivity index (χ2v) is 4.95. The zero-order valence-corrected chi connectivity index (χ0v) is 10.9. The number of benzene rings is 1. The molecule has 1 rings (SSSR count). The van der Waals surface area contributed by atoms with E-state index in [0.29, 0.717) is 5.92 Å². The zero-order chi connectivity index (χ0) is 10.7. The minimum Gasteiger partial charge on any atom is -0.496 e. The molecule has 1 nitrogen and oxygen atoms in total. The maximum Gasteiger partial charge on any atom is 0.123 e. The molecule has 1 atom stereocenters. The third-order valence-corrected chi connectivity index (χ3v) is 3.86. The number of methoxy groups -OCH3 is 1. The van der Waals surface area contributed by atoms with Crippen LogP contribution in [0.5, 0.6) is 5.75 Å². The van der Waals surface area contributed by atoms with Crippen LogP contribution in [0.2, 0.25) is 5.02 Å². The smallest absolute Gasteiger partial charge is 0.123 e. The summed E-state index contributed by atoms with van der Waals surface area (Å²) in [6.07, 6.45) is 0. The van der Waals surface area contributed by atoms with Crippen molar-refractivity contribution in [2.75, 3.05) is 7.11 Å². The average Bonchev–Trinajstić information content (AvgIpc) is 2.16. The van der Waals surface area contributed by atoms with Crippen molar-refractivity contribution in [2.24, 2.45) is 5.92 Å². The van der Waals surface area contributed by atoms with Crippen molar-refractivity contribution in [3.63, 3.8) is 0 Å². The van der Waals surface area contributed by atoms with Crippen LogP contribution >= 0.6 is 27.5 Å². The summed E-state index contributed by atoms with van der Waals surface area (Å²) in [4.78, 5) is 0.274.